The molecule has 0 spiro atoms. The molecule has 1 rings (SSSR count). The Balaban J connectivity index is 0. The fraction of sp³-hybridized carbons (Fsp3) is 0.556. The highest BCUT2D eigenvalue weighted by Gasteiger charge is 1.88. The van der Waals surface area contributed by atoms with E-state index in [0.717, 1.165) is 0 Å². The van der Waals surface area contributed by atoms with Crippen molar-refractivity contribution in [2.45, 2.75) is 27.7 Å². The fourth-order valence-electron chi connectivity index (χ4n) is 0.479. The predicted molar refractivity (Wildman–Crippen MR) is 56.6 cm³/mol. The van der Waals surface area contributed by atoms with Gasteiger partial charge in [0.25, 0.3) is 0 Å². The van der Waals surface area contributed by atoms with Crippen molar-refractivity contribution >= 4 is 5.82 Å². The van der Waals surface area contributed by atoms with Crippen molar-refractivity contribution in [3.8, 4) is 0 Å². The molecule has 1 aromatic rings. The number of nitrogen functional groups attached to an aromatic ring is 1. The maximum Gasteiger partial charge on any atom is 0.349 e. The molecule has 0 saturated heterocycles. The third kappa shape index (κ3) is 5.90. The molecular weight excluding hydrogens is 166 g/mol. The minimum atomic E-state index is -0.324. The quantitative estimate of drug-likeness (QED) is 0.665. The first-order valence-corrected chi connectivity index (χ1v) is 4.49. The molecule has 2 N–H and O–H groups in total. The van der Waals surface area contributed by atoms with Gasteiger partial charge in [0.05, 0.1) is 0 Å². The summed E-state index contributed by atoms with van der Waals surface area (Å²) in [5.74, 6) is 0.262. The van der Waals surface area contributed by atoms with Gasteiger partial charge < -0.3 is 10.3 Å². The second kappa shape index (κ2) is 8.77. The van der Waals surface area contributed by atoms with Crippen LogP contribution in [0.3, 0.4) is 0 Å². The van der Waals surface area contributed by atoms with Crippen molar-refractivity contribution in [2.75, 3.05) is 5.73 Å². The van der Waals surface area contributed by atoms with Crippen LogP contribution < -0.4 is 11.4 Å². The Bertz CT molecular complexity index is 268. The van der Waals surface area contributed by atoms with Gasteiger partial charge in [-0.3, -0.25) is 0 Å². The number of hydrogen-bond acceptors (Lipinski definition) is 3. The zero-order valence-corrected chi connectivity index (χ0v) is 9.03. The molecule has 76 valence electrons. The standard InChI is InChI=1S/C5H7N3O.2C2H6/c1-8-3-2-4(6)7-5(8)9;2*1-2/h2-3H,1H3,(H2,6,7,9);2*1-2H3. The van der Waals surface area contributed by atoms with Crippen molar-refractivity contribution < 1.29 is 0 Å². The molecule has 4 nitrogen and oxygen atoms in total. The Kier molecular flexibility index (Phi) is 9.60. The Hall–Kier alpha value is -1.32. The van der Waals surface area contributed by atoms with Crippen molar-refractivity contribution in [1.29, 1.82) is 0 Å². The molecule has 0 aliphatic carbocycles. The first-order valence-electron chi connectivity index (χ1n) is 4.49. The van der Waals surface area contributed by atoms with Crippen LogP contribution in [0, 0.1) is 0 Å². The van der Waals surface area contributed by atoms with Crippen LogP contribution in [-0.4, -0.2) is 9.55 Å². The molecule has 1 aromatic heterocycles. The average molecular weight is 185 g/mol. The van der Waals surface area contributed by atoms with E-state index in [9.17, 15) is 4.79 Å². The first kappa shape index (κ1) is 14.2. The lowest BCUT2D eigenvalue weighted by molar-refractivity contribution is 0.814. The minimum absolute atomic E-state index is 0.262. The van der Waals surface area contributed by atoms with Gasteiger partial charge in [-0.15, -0.1) is 0 Å². The zero-order chi connectivity index (χ0) is 10.9. The maximum atomic E-state index is 10.6. The number of nitrogens with two attached hydrogens (primary N) is 1. The summed E-state index contributed by atoms with van der Waals surface area (Å²) in [6.45, 7) is 8.00. The van der Waals surface area contributed by atoms with E-state index in [1.807, 2.05) is 27.7 Å². The van der Waals surface area contributed by atoms with Crippen molar-refractivity contribution in [2.24, 2.45) is 7.05 Å². The number of aromatic nitrogens is 2. The van der Waals surface area contributed by atoms with Crippen LogP contribution in [0.25, 0.3) is 0 Å². The lowest BCUT2D eigenvalue weighted by Gasteiger charge is -1.92. The van der Waals surface area contributed by atoms with Gasteiger partial charge in [0.15, 0.2) is 0 Å². The van der Waals surface area contributed by atoms with E-state index in [1.54, 1.807) is 19.3 Å². The van der Waals surface area contributed by atoms with Crippen LogP contribution in [-0.2, 0) is 7.05 Å². The summed E-state index contributed by atoms with van der Waals surface area (Å²) >= 11 is 0. The maximum absolute atomic E-state index is 10.6. The molecule has 0 unspecified atom stereocenters. The van der Waals surface area contributed by atoms with Crippen LogP contribution in [0.5, 0.6) is 0 Å². The molecule has 0 radical (unpaired) electrons. The molecular formula is C9H19N3O. The number of anilines is 1. The summed E-state index contributed by atoms with van der Waals surface area (Å²) in [5.41, 5.74) is 4.88. The summed E-state index contributed by atoms with van der Waals surface area (Å²) in [5, 5.41) is 0. The molecule has 0 atom stereocenters. The van der Waals surface area contributed by atoms with Crippen LogP contribution in [0.15, 0.2) is 17.1 Å². The van der Waals surface area contributed by atoms with E-state index in [1.165, 1.54) is 4.57 Å². The Morgan fingerprint density at radius 1 is 1.31 bits per heavy atom. The second-order valence-corrected chi connectivity index (χ2v) is 1.75. The van der Waals surface area contributed by atoms with E-state index in [0.29, 0.717) is 0 Å². The van der Waals surface area contributed by atoms with E-state index in [2.05, 4.69) is 4.98 Å². The van der Waals surface area contributed by atoms with Crippen molar-refractivity contribution in [3.63, 3.8) is 0 Å². The third-order valence-corrected chi connectivity index (χ3v) is 0.995. The molecule has 0 aliphatic heterocycles. The largest absolute Gasteiger partial charge is 0.383 e. The summed E-state index contributed by atoms with van der Waals surface area (Å²) in [6, 6.07) is 1.57. The van der Waals surface area contributed by atoms with Gasteiger partial charge in [-0.1, -0.05) is 27.7 Å². The molecule has 0 bridgehead atoms. The number of nitrogens with zero attached hydrogens (tertiary/aromatic N) is 2. The highest BCUT2D eigenvalue weighted by atomic mass is 16.1. The molecule has 0 saturated carbocycles. The number of rotatable bonds is 0. The molecule has 0 aromatic carbocycles. The highest BCUT2D eigenvalue weighted by Crippen LogP contribution is 1.85. The van der Waals surface area contributed by atoms with E-state index < -0.39 is 0 Å². The van der Waals surface area contributed by atoms with Crippen LogP contribution >= 0.6 is 0 Å². The van der Waals surface area contributed by atoms with Crippen LogP contribution in [0.4, 0.5) is 5.82 Å². The van der Waals surface area contributed by atoms with Crippen molar-refractivity contribution in [3.05, 3.63) is 22.7 Å². The molecule has 13 heavy (non-hydrogen) atoms. The Labute approximate surface area is 79.4 Å². The van der Waals surface area contributed by atoms with E-state index in [-0.39, 0.29) is 11.5 Å². The third-order valence-electron chi connectivity index (χ3n) is 0.995. The minimum Gasteiger partial charge on any atom is -0.383 e. The number of aryl methyl sites for hydroxylation is 1. The lowest BCUT2D eigenvalue weighted by atomic mass is 10.6. The van der Waals surface area contributed by atoms with Gasteiger partial charge in [0.2, 0.25) is 0 Å². The molecule has 1 heterocycles. The van der Waals surface area contributed by atoms with Gasteiger partial charge in [-0.2, -0.15) is 4.98 Å². The normalized spacial score (nSPS) is 7.46. The number of hydrogen-bond donors (Lipinski definition) is 1. The van der Waals surface area contributed by atoms with Gasteiger partial charge in [-0.05, 0) is 6.07 Å². The highest BCUT2D eigenvalue weighted by molar-refractivity contribution is 5.23. The average Bonchev–Trinajstić information content (AvgIpc) is 2.18. The Morgan fingerprint density at radius 2 is 1.77 bits per heavy atom. The monoisotopic (exact) mass is 185 g/mol. The predicted octanol–water partition coefficient (Wildman–Crippen LogP) is 1.41. The first-order chi connectivity index (χ1) is 6.20. The van der Waals surface area contributed by atoms with Crippen molar-refractivity contribution in [1.82, 2.24) is 9.55 Å². The smallest absolute Gasteiger partial charge is 0.349 e. The second-order valence-electron chi connectivity index (χ2n) is 1.75. The summed E-state index contributed by atoms with van der Waals surface area (Å²) in [4.78, 5) is 14.1. The molecule has 0 aliphatic rings. The Morgan fingerprint density at radius 3 is 2.08 bits per heavy atom. The van der Waals surface area contributed by atoms with Crippen LogP contribution in [0.1, 0.15) is 27.7 Å². The van der Waals surface area contributed by atoms with Gasteiger partial charge in [-0.25, -0.2) is 4.79 Å². The zero-order valence-electron chi connectivity index (χ0n) is 9.03. The molecule has 0 fully saturated rings. The fourth-order valence-corrected chi connectivity index (χ4v) is 0.479. The molecule has 0 amide bonds. The SMILES string of the molecule is CC.CC.Cn1ccc(N)nc1=O. The van der Waals surface area contributed by atoms with Gasteiger partial charge in [0.1, 0.15) is 5.82 Å². The summed E-state index contributed by atoms with van der Waals surface area (Å²) in [6.07, 6.45) is 1.57. The van der Waals surface area contributed by atoms with E-state index in [4.69, 9.17) is 5.73 Å². The lowest BCUT2D eigenvalue weighted by Crippen LogP contribution is -2.19. The van der Waals surface area contributed by atoms with Gasteiger partial charge >= 0.3 is 5.69 Å². The summed E-state index contributed by atoms with van der Waals surface area (Å²) in [7, 11) is 1.62. The van der Waals surface area contributed by atoms with Crippen LogP contribution in [0.2, 0.25) is 0 Å². The van der Waals surface area contributed by atoms with Gasteiger partial charge in [0, 0.05) is 13.2 Å². The molecule has 4 heteroatoms. The summed E-state index contributed by atoms with van der Waals surface area (Å²) < 4.78 is 1.36. The van der Waals surface area contributed by atoms with E-state index >= 15 is 0 Å². The topological polar surface area (TPSA) is 60.9 Å².